The first-order valence-corrected chi connectivity index (χ1v) is 13.0. The molecule has 0 aromatic carbocycles. The van der Waals surface area contributed by atoms with Crippen molar-refractivity contribution in [1.29, 1.82) is 5.26 Å². The number of hydrogen-bond acceptors (Lipinski definition) is 6. The molecule has 0 aromatic rings. The lowest BCUT2D eigenvalue weighted by molar-refractivity contribution is -0.142. The number of ether oxygens (including phenoxy) is 1. The van der Waals surface area contributed by atoms with Crippen molar-refractivity contribution in [3.63, 3.8) is 0 Å². The van der Waals surface area contributed by atoms with E-state index >= 15 is 0 Å². The molecule has 1 atom stereocenters. The number of nitriles is 1. The fourth-order valence-electron chi connectivity index (χ4n) is 2.81. The van der Waals surface area contributed by atoms with Crippen molar-refractivity contribution in [2.24, 2.45) is 5.41 Å². The van der Waals surface area contributed by atoms with E-state index in [4.69, 9.17) is 17.0 Å². The number of rotatable bonds is 16. The molecule has 0 amide bonds. The minimum atomic E-state index is -0.568. The second-order valence-corrected chi connectivity index (χ2v) is 11.3. The Labute approximate surface area is 187 Å². The monoisotopic (exact) mass is 445 g/mol. The Bertz CT molecular complexity index is 475. The van der Waals surface area contributed by atoms with Crippen LogP contribution in [-0.4, -0.2) is 27.1 Å². The van der Waals surface area contributed by atoms with Crippen LogP contribution in [0.15, 0.2) is 0 Å². The van der Waals surface area contributed by atoms with Gasteiger partial charge in [0.2, 0.25) is 0 Å². The Morgan fingerprint density at radius 1 is 1.04 bits per heavy atom. The van der Waals surface area contributed by atoms with Gasteiger partial charge in [-0.15, -0.1) is 11.8 Å². The SMILES string of the molecule is CCCCCCCCCCCCSC(=S)SC(CC(C)(C)C#N)C(=O)OCC. The zero-order chi connectivity index (χ0) is 21.3. The highest BCUT2D eigenvalue weighted by Gasteiger charge is 2.30. The number of thioether (sulfide) groups is 2. The highest BCUT2D eigenvalue weighted by atomic mass is 32.2. The highest BCUT2D eigenvalue weighted by Crippen LogP contribution is 2.32. The van der Waals surface area contributed by atoms with Crippen LogP contribution in [0.2, 0.25) is 0 Å². The molecular formula is C22H39NO2S3. The van der Waals surface area contributed by atoms with E-state index < -0.39 is 10.7 Å². The number of unbranched alkanes of at least 4 members (excludes halogenated alkanes) is 9. The van der Waals surface area contributed by atoms with Crippen molar-refractivity contribution in [3.05, 3.63) is 0 Å². The zero-order valence-electron chi connectivity index (χ0n) is 18.3. The Morgan fingerprint density at radius 2 is 1.57 bits per heavy atom. The summed E-state index contributed by atoms with van der Waals surface area (Å²) in [5.41, 5.74) is -0.568. The molecule has 0 saturated carbocycles. The minimum absolute atomic E-state index is 0.266. The molecule has 0 heterocycles. The molecule has 28 heavy (non-hydrogen) atoms. The fourth-order valence-corrected chi connectivity index (χ4v) is 5.69. The third kappa shape index (κ3) is 15.6. The van der Waals surface area contributed by atoms with Crippen LogP contribution in [0.25, 0.3) is 0 Å². The number of hydrogen-bond donors (Lipinski definition) is 0. The summed E-state index contributed by atoms with van der Waals surface area (Å²) in [6, 6.07) is 2.26. The summed E-state index contributed by atoms with van der Waals surface area (Å²) < 4.78 is 5.95. The van der Waals surface area contributed by atoms with Crippen molar-refractivity contribution in [2.45, 2.75) is 104 Å². The molecule has 0 bridgehead atoms. The van der Waals surface area contributed by atoms with Gasteiger partial charge >= 0.3 is 5.97 Å². The molecule has 162 valence electrons. The van der Waals surface area contributed by atoms with Crippen molar-refractivity contribution < 1.29 is 9.53 Å². The van der Waals surface area contributed by atoms with Crippen molar-refractivity contribution in [1.82, 2.24) is 0 Å². The standard InChI is InChI=1S/C22H39NO2S3/c1-5-7-8-9-10-11-12-13-14-15-16-27-21(26)28-19(20(24)25-6-2)17-22(3,4)18-23/h19H,5-17H2,1-4H3. The van der Waals surface area contributed by atoms with E-state index in [2.05, 4.69) is 13.0 Å². The van der Waals surface area contributed by atoms with Gasteiger partial charge < -0.3 is 4.74 Å². The summed E-state index contributed by atoms with van der Waals surface area (Å²) in [7, 11) is 0. The largest absolute Gasteiger partial charge is 0.465 e. The quantitative estimate of drug-likeness (QED) is 0.139. The van der Waals surface area contributed by atoms with Gasteiger partial charge in [-0.1, -0.05) is 88.7 Å². The van der Waals surface area contributed by atoms with Gasteiger partial charge in [-0.2, -0.15) is 5.26 Å². The van der Waals surface area contributed by atoms with Crippen molar-refractivity contribution in [2.75, 3.05) is 12.4 Å². The molecule has 0 rings (SSSR count). The molecule has 0 saturated heterocycles. The summed E-state index contributed by atoms with van der Waals surface area (Å²) in [6.45, 7) is 8.10. The lowest BCUT2D eigenvalue weighted by atomic mass is 9.89. The van der Waals surface area contributed by atoms with Crippen LogP contribution in [0, 0.1) is 16.7 Å². The topological polar surface area (TPSA) is 50.1 Å². The first-order valence-electron chi connectivity index (χ1n) is 10.8. The van der Waals surface area contributed by atoms with E-state index in [1.807, 2.05) is 13.8 Å². The molecule has 0 aliphatic carbocycles. The molecule has 0 aromatic heterocycles. The Kier molecular flexibility index (Phi) is 17.4. The van der Waals surface area contributed by atoms with E-state index in [9.17, 15) is 10.1 Å². The summed E-state index contributed by atoms with van der Waals surface area (Å²) in [4.78, 5) is 12.2. The second kappa shape index (κ2) is 17.6. The van der Waals surface area contributed by atoms with E-state index in [0.717, 1.165) is 15.7 Å². The van der Waals surface area contributed by atoms with E-state index in [1.54, 1.807) is 18.7 Å². The van der Waals surface area contributed by atoms with Crippen LogP contribution < -0.4 is 0 Å². The molecule has 0 aliphatic rings. The number of carbonyl (C=O) groups excluding carboxylic acids is 1. The van der Waals surface area contributed by atoms with Gasteiger partial charge in [0.25, 0.3) is 0 Å². The minimum Gasteiger partial charge on any atom is -0.465 e. The molecule has 0 fully saturated rings. The van der Waals surface area contributed by atoms with Gasteiger partial charge in [0.1, 0.15) is 8.78 Å². The summed E-state index contributed by atoms with van der Waals surface area (Å²) >= 11 is 8.50. The molecule has 1 unspecified atom stereocenters. The van der Waals surface area contributed by atoms with Gasteiger partial charge in [0.15, 0.2) is 0 Å². The van der Waals surface area contributed by atoms with Crippen molar-refractivity contribution >= 4 is 45.2 Å². The Hall–Kier alpha value is -0.250. The maximum Gasteiger partial charge on any atom is 0.319 e. The predicted octanol–water partition coefficient (Wildman–Crippen LogP) is 7.53. The lowest BCUT2D eigenvalue weighted by Crippen LogP contribution is -2.27. The number of thiocarbonyl (C=S) groups is 1. The first-order chi connectivity index (χ1) is 13.4. The number of carbonyl (C=O) groups is 1. The number of nitrogens with zero attached hydrogens (tertiary/aromatic N) is 1. The first kappa shape index (κ1) is 27.8. The van der Waals surface area contributed by atoms with E-state index in [1.165, 1.54) is 69.5 Å². The Balaban J connectivity index is 3.96. The molecule has 6 heteroatoms. The lowest BCUT2D eigenvalue weighted by Gasteiger charge is -2.22. The fraction of sp³-hybridized carbons (Fsp3) is 0.864. The maximum absolute atomic E-state index is 12.2. The summed E-state index contributed by atoms with van der Waals surface area (Å²) in [6.07, 6.45) is 13.7. The third-order valence-electron chi connectivity index (χ3n) is 4.50. The Morgan fingerprint density at radius 3 is 2.07 bits per heavy atom. The average Bonchev–Trinajstić information content (AvgIpc) is 2.65. The summed E-state index contributed by atoms with van der Waals surface area (Å²) in [5.74, 6) is 0.734. The van der Waals surface area contributed by atoms with Gasteiger partial charge in [-0.3, -0.25) is 4.79 Å². The smallest absolute Gasteiger partial charge is 0.319 e. The van der Waals surface area contributed by atoms with E-state index in [-0.39, 0.29) is 5.97 Å². The van der Waals surface area contributed by atoms with Gasteiger partial charge in [0, 0.05) is 0 Å². The van der Waals surface area contributed by atoms with Gasteiger partial charge in [-0.05, 0) is 39.4 Å². The molecule has 0 spiro atoms. The van der Waals surface area contributed by atoms with Gasteiger partial charge in [-0.25, -0.2) is 0 Å². The molecule has 0 radical (unpaired) electrons. The van der Waals surface area contributed by atoms with E-state index in [0.29, 0.717) is 13.0 Å². The van der Waals surface area contributed by atoms with Crippen molar-refractivity contribution in [3.8, 4) is 6.07 Å². The molecule has 3 nitrogen and oxygen atoms in total. The average molecular weight is 446 g/mol. The molecule has 0 aliphatic heterocycles. The normalized spacial score (nSPS) is 12.4. The maximum atomic E-state index is 12.2. The number of esters is 1. The third-order valence-corrected chi connectivity index (χ3v) is 7.35. The predicted molar refractivity (Wildman–Crippen MR) is 129 cm³/mol. The van der Waals surface area contributed by atoms with Crippen LogP contribution in [0.3, 0.4) is 0 Å². The van der Waals surface area contributed by atoms with Crippen LogP contribution in [-0.2, 0) is 9.53 Å². The van der Waals surface area contributed by atoms with Crippen LogP contribution >= 0.6 is 35.7 Å². The second-order valence-electron chi connectivity index (χ2n) is 7.84. The summed E-state index contributed by atoms with van der Waals surface area (Å²) in [5, 5.41) is 8.85. The molecular weight excluding hydrogens is 406 g/mol. The molecule has 0 N–H and O–H groups in total. The van der Waals surface area contributed by atoms with Crippen LogP contribution in [0.5, 0.6) is 0 Å². The highest BCUT2D eigenvalue weighted by molar-refractivity contribution is 8.47. The van der Waals surface area contributed by atoms with Crippen LogP contribution in [0.4, 0.5) is 0 Å². The van der Waals surface area contributed by atoms with Gasteiger partial charge in [0.05, 0.1) is 18.1 Å². The van der Waals surface area contributed by atoms with Crippen LogP contribution in [0.1, 0.15) is 98.3 Å². The zero-order valence-corrected chi connectivity index (χ0v) is 20.7.